The van der Waals surface area contributed by atoms with Gasteiger partial charge in [-0.3, -0.25) is 4.84 Å². The van der Waals surface area contributed by atoms with E-state index in [-0.39, 0.29) is 0 Å². The second kappa shape index (κ2) is 5.68. The fourth-order valence-electron chi connectivity index (χ4n) is 2.31. The number of halogens is 2. The number of nitrogens with zero attached hydrogens (tertiary/aromatic N) is 1. The zero-order valence-electron chi connectivity index (χ0n) is 11.1. The van der Waals surface area contributed by atoms with Crippen LogP contribution >= 0.6 is 23.2 Å². The third-order valence-electron chi connectivity index (χ3n) is 3.27. The zero-order chi connectivity index (χ0) is 14.1. The van der Waals surface area contributed by atoms with Crippen molar-refractivity contribution in [3.63, 3.8) is 0 Å². The molecule has 0 aromatic heterocycles. The number of rotatable bonds is 2. The maximum absolute atomic E-state index is 6.36. The van der Waals surface area contributed by atoms with E-state index in [1.54, 1.807) is 6.07 Å². The molecule has 1 saturated heterocycles. The van der Waals surface area contributed by atoms with Crippen LogP contribution in [0.1, 0.15) is 5.56 Å². The molecule has 0 bridgehead atoms. The van der Waals surface area contributed by atoms with E-state index in [4.69, 9.17) is 28.0 Å². The second-order valence-corrected chi connectivity index (χ2v) is 5.54. The summed E-state index contributed by atoms with van der Waals surface area (Å²) in [7, 11) is 2.03. The van der Waals surface area contributed by atoms with E-state index in [1.807, 2.05) is 30.6 Å². The first-order chi connectivity index (χ1) is 9.66. The van der Waals surface area contributed by atoms with Crippen LogP contribution in [0, 0.1) is 6.92 Å². The highest BCUT2D eigenvalue weighted by Gasteiger charge is 2.20. The molecule has 2 aromatic carbocycles. The highest BCUT2D eigenvalue weighted by Crippen LogP contribution is 2.39. The summed E-state index contributed by atoms with van der Waals surface area (Å²) in [6, 6.07) is 11.9. The lowest BCUT2D eigenvalue weighted by Gasteiger charge is -2.21. The quantitative estimate of drug-likeness (QED) is 0.742. The van der Waals surface area contributed by atoms with Gasteiger partial charge in [-0.05, 0) is 31.4 Å². The lowest BCUT2D eigenvalue weighted by molar-refractivity contribution is 0.185. The van der Waals surface area contributed by atoms with Crippen LogP contribution in [0.4, 0.5) is 5.69 Å². The molecule has 0 saturated carbocycles. The van der Waals surface area contributed by atoms with Crippen molar-refractivity contribution in [3.05, 3.63) is 52.0 Å². The molecule has 1 aliphatic rings. The van der Waals surface area contributed by atoms with E-state index in [9.17, 15) is 0 Å². The van der Waals surface area contributed by atoms with Gasteiger partial charge < -0.3 is 4.97 Å². The van der Waals surface area contributed by atoms with Crippen LogP contribution in [-0.2, 0) is 4.84 Å². The Morgan fingerprint density at radius 2 is 2.00 bits per heavy atom. The van der Waals surface area contributed by atoms with Gasteiger partial charge in [-0.1, -0.05) is 47.0 Å². The van der Waals surface area contributed by atoms with E-state index in [0.717, 1.165) is 23.1 Å². The first-order valence-corrected chi connectivity index (χ1v) is 7.23. The molecule has 5 heteroatoms. The predicted octanol–water partition coefficient (Wildman–Crippen LogP) is 4.76. The summed E-state index contributed by atoms with van der Waals surface area (Å²) < 4.78 is 0. The van der Waals surface area contributed by atoms with Gasteiger partial charge in [0.05, 0.1) is 22.3 Å². The van der Waals surface area contributed by atoms with Gasteiger partial charge in [0, 0.05) is 11.1 Å². The summed E-state index contributed by atoms with van der Waals surface area (Å²) in [5.74, 6) is 0. The molecule has 1 fully saturated rings. The summed E-state index contributed by atoms with van der Waals surface area (Å²) in [5, 5.41) is 1.13. The van der Waals surface area contributed by atoms with Crippen molar-refractivity contribution in [2.75, 3.05) is 11.6 Å². The second-order valence-electron chi connectivity index (χ2n) is 4.75. The van der Waals surface area contributed by atoms with Crippen LogP contribution in [0.3, 0.4) is 0 Å². The van der Waals surface area contributed by atoms with Crippen LogP contribution in [0.5, 0.6) is 0 Å². The van der Waals surface area contributed by atoms with Gasteiger partial charge in [0.25, 0.3) is 7.41 Å². The largest absolute Gasteiger partial charge is 0.306 e. The van der Waals surface area contributed by atoms with E-state index in [2.05, 4.69) is 19.1 Å². The van der Waals surface area contributed by atoms with Crippen molar-refractivity contribution in [2.24, 2.45) is 0 Å². The minimum atomic E-state index is 0.558. The fraction of sp³-hybridized carbons (Fsp3) is 0.200. The Hall–Kier alpha value is -1.16. The van der Waals surface area contributed by atoms with Gasteiger partial charge in [-0.2, -0.15) is 0 Å². The molecular formula is C15H13BCl2NO. The van der Waals surface area contributed by atoms with Crippen LogP contribution in [0.25, 0.3) is 11.1 Å². The fourth-order valence-corrected chi connectivity index (χ4v) is 2.71. The molecule has 0 amide bonds. The van der Waals surface area contributed by atoms with Crippen LogP contribution in [0.15, 0.2) is 36.4 Å². The first kappa shape index (κ1) is 13.8. The van der Waals surface area contributed by atoms with Crippen LogP contribution in [-0.4, -0.2) is 14.0 Å². The summed E-state index contributed by atoms with van der Waals surface area (Å²) in [6.45, 7) is 2.76. The molecular weight excluding hydrogens is 292 g/mol. The van der Waals surface area contributed by atoms with Crippen molar-refractivity contribution in [1.82, 2.24) is 0 Å². The van der Waals surface area contributed by atoms with Crippen molar-refractivity contribution in [1.29, 1.82) is 0 Å². The molecule has 0 aliphatic carbocycles. The number of aryl methyl sites for hydroxylation is 1. The Balaban J connectivity index is 2.16. The Labute approximate surface area is 129 Å². The monoisotopic (exact) mass is 304 g/mol. The number of benzene rings is 2. The summed E-state index contributed by atoms with van der Waals surface area (Å²) in [5.41, 5.74) is 4.09. The van der Waals surface area contributed by atoms with Gasteiger partial charge >= 0.3 is 0 Å². The minimum absolute atomic E-state index is 0.558. The molecule has 1 aliphatic heterocycles. The third kappa shape index (κ3) is 2.53. The molecule has 0 spiro atoms. The lowest BCUT2D eigenvalue weighted by Crippen LogP contribution is -2.19. The minimum Gasteiger partial charge on any atom is -0.306 e. The third-order valence-corrected chi connectivity index (χ3v) is 4.09. The van der Waals surface area contributed by atoms with E-state index < -0.39 is 0 Å². The highest BCUT2D eigenvalue weighted by molar-refractivity contribution is 6.44. The van der Waals surface area contributed by atoms with Gasteiger partial charge in [0.2, 0.25) is 0 Å². The first-order valence-electron chi connectivity index (χ1n) is 6.47. The number of anilines is 1. The van der Waals surface area contributed by atoms with E-state index in [1.165, 1.54) is 5.56 Å². The molecule has 0 N–H and O–H groups in total. The molecule has 101 valence electrons. The zero-order valence-corrected chi connectivity index (χ0v) is 12.6. The normalized spacial score (nSPS) is 14.4. The Morgan fingerprint density at radius 3 is 2.75 bits per heavy atom. The predicted molar refractivity (Wildman–Crippen MR) is 85.6 cm³/mol. The topological polar surface area (TPSA) is 12.5 Å². The van der Waals surface area contributed by atoms with Crippen LogP contribution in [0.2, 0.25) is 16.4 Å². The smallest absolute Gasteiger partial charge is 0.288 e. The van der Waals surface area contributed by atoms with E-state index >= 15 is 0 Å². The van der Waals surface area contributed by atoms with Gasteiger partial charge in [0.15, 0.2) is 0 Å². The van der Waals surface area contributed by atoms with Crippen molar-refractivity contribution in [2.45, 2.75) is 13.2 Å². The van der Waals surface area contributed by atoms with Crippen molar-refractivity contribution in [3.8, 4) is 11.1 Å². The SMILES string of the molecule is Cc1ccc(N2[B]CCO2)c(-c2cccc(Cl)c2Cl)c1. The average molecular weight is 305 g/mol. The molecule has 2 nitrogen and oxygen atoms in total. The van der Waals surface area contributed by atoms with Gasteiger partial charge in [-0.15, -0.1) is 0 Å². The molecule has 1 radical (unpaired) electrons. The molecule has 0 atom stereocenters. The summed E-state index contributed by atoms with van der Waals surface area (Å²) in [6.07, 6.45) is 0.913. The Kier molecular flexibility index (Phi) is 3.93. The molecule has 1 heterocycles. The number of hydrogen-bond donors (Lipinski definition) is 0. The Morgan fingerprint density at radius 1 is 1.15 bits per heavy atom. The maximum Gasteiger partial charge on any atom is 0.288 e. The summed E-state index contributed by atoms with van der Waals surface area (Å²) in [4.78, 5) is 7.42. The average Bonchev–Trinajstić information content (AvgIpc) is 2.96. The van der Waals surface area contributed by atoms with Crippen molar-refractivity contribution < 1.29 is 4.84 Å². The van der Waals surface area contributed by atoms with Gasteiger partial charge in [0.1, 0.15) is 0 Å². The van der Waals surface area contributed by atoms with Crippen molar-refractivity contribution >= 4 is 36.3 Å². The molecule has 0 unspecified atom stereocenters. The van der Waals surface area contributed by atoms with Gasteiger partial charge in [-0.25, -0.2) is 0 Å². The summed E-state index contributed by atoms with van der Waals surface area (Å²) >= 11 is 12.5. The highest BCUT2D eigenvalue weighted by atomic mass is 35.5. The van der Waals surface area contributed by atoms with E-state index in [0.29, 0.717) is 16.7 Å². The molecule has 2 aromatic rings. The molecule has 20 heavy (non-hydrogen) atoms. The van der Waals surface area contributed by atoms with Crippen LogP contribution < -0.4 is 4.97 Å². The Bertz CT molecular complexity index is 642. The lowest BCUT2D eigenvalue weighted by atomic mass is 9.88. The number of hydrogen-bond acceptors (Lipinski definition) is 2. The maximum atomic E-state index is 6.36. The standard InChI is InChI=1S/C15H13BCl2NO/c1-10-5-6-14(19-16-7-8-20-19)12(9-10)11-3-2-4-13(17)15(11)18/h2-6,9H,7-8H2,1H3. The molecule has 3 rings (SSSR count).